The van der Waals surface area contributed by atoms with E-state index in [2.05, 4.69) is 5.32 Å². The van der Waals surface area contributed by atoms with E-state index in [0.717, 1.165) is 35.2 Å². The minimum atomic E-state index is -0.895. The molecule has 0 unspecified atom stereocenters. The minimum Gasteiger partial charge on any atom is -0.325 e. The summed E-state index contributed by atoms with van der Waals surface area (Å²) in [5.74, 6) is 0.570. The summed E-state index contributed by atoms with van der Waals surface area (Å²) < 4.78 is 11.5. The van der Waals surface area contributed by atoms with Crippen LogP contribution < -0.4 is 5.32 Å². The summed E-state index contributed by atoms with van der Waals surface area (Å²) in [6, 6.07) is 15.8. The van der Waals surface area contributed by atoms with E-state index in [1.807, 2.05) is 55.5 Å². The van der Waals surface area contributed by atoms with Crippen molar-refractivity contribution in [3.05, 3.63) is 65.2 Å². The number of rotatable bonds is 5. The Labute approximate surface area is 139 Å². The van der Waals surface area contributed by atoms with Gasteiger partial charge < -0.3 is 5.32 Å². The van der Waals surface area contributed by atoms with Crippen LogP contribution in [0.2, 0.25) is 0 Å². The molecule has 1 saturated carbocycles. The molecule has 2 aromatic rings. The number of amides is 1. The van der Waals surface area contributed by atoms with Gasteiger partial charge in [0.15, 0.2) is 0 Å². The molecule has 1 aliphatic carbocycles. The summed E-state index contributed by atoms with van der Waals surface area (Å²) in [4.78, 5) is 12.8. The van der Waals surface area contributed by atoms with Gasteiger partial charge in [-0.3, -0.25) is 9.00 Å². The highest BCUT2D eigenvalue weighted by Gasteiger charge is 2.51. The van der Waals surface area contributed by atoms with Gasteiger partial charge in [0.25, 0.3) is 0 Å². The van der Waals surface area contributed by atoms with Gasteiger partial charge in [-0.05, 0) is 42.5 Å². The van der Waals surface area contributed by atoms with Crippen molar-refractivity contribution in [2.75, 3.05) is 11.6 Å². The summed E-state index contributed by atoms with van der Waals surface area (Å²) in [5, 5.41) is 3.09. The van der Waals surface area contributed by atoms with Crippen LogP contribution in [0.25, 0.3) is 0 Å². The third-order valence-electron chi connectivity index (χ3n) is 4.56. The number of nitrogens with one attached hydrogen (secondary N) is 1. The van der Waals surface area contributed by atoms with Gasteiger partial charge in [-0.25, -0.2) is 0 Å². The molecule has 0 saturated heterocycles. The van der Waals surface area contributed by atoms with Gasteiger partial charge in [-0.1, -0.05) is 42.5 Å². The molecule has 1 amide bonds. The normalized spacial score (nSPS) is 16.6. The quantitative estimate of drug-likeness (QED) is 0.913. The monoisotopic (exact) mass is 327 g/mol. The number of carbonyl (C=O) groups excluding carboxylic acids is 1. The smallest absolute Gasteiger partial charge is 0.235 e. The predicted molar refractivity (Wildman–Crippen MR) is 94.9 cm³/mol. The Hall–Kier alpha value is -1.94. The second-order valence-electron chi connectivity index (χ2n) is 6.21. The van der Waals surface area contributed by atoms with E-state index in [-0.39, 0.29) is 11.3 Å². The molecule has 0 aromatic heterocycles. The molecule has 2 aromatic carbocycles. The lowest BCUT2D eigenvalue weighted by Crippen LogP contribution is -2.28. The second kappa shape index (κ2) is 6.28. The Balaban J connectivity index is 1.83. The van der Waals surface area contributed by atoms with Gasteiger partial charge in [-0.2, -0.15) is 0 Å². The molecule has 3 nitrogen and oxygen atoms in total. The van der Waals surface area contributed by atoms with Gasteiger partial charge in [0, 0.05) is 28.5 Å². The Morgan fingerprint density at radius 2 is 1.83 bits per heavy atom. The summed E-state index contributed by atoms with van der Waals surface area (Å²) in [5.41, 5.74) is 3.55. The topological polar surface area (TPSA) is 46.2 Å². The Morgan fingerprint density at radius 1 is 1.13 bits per heavy atom. The Bertz CT molecular complexity index is 751. The molecule has 3 rings (SSSR count). The van der Waals surface area contributed by atoms with Crippen molar-refractivity contribution in [3.63, 3.8) is 0 Å². The molecule has 0 radical (unpaired) electrons. The van der Waals surface area contributed by atoms with E-state index >= 15 is 0 Å². The largest absolute Gasteiger partial charge is 0.325 e. The maximum absolute atomic E-state index is 12.8. The molecule has 0 heterocycles. The van der Waals surface area contributed by atoms with Crippen LogP contribution in [0.4, 0.5) is 5.69 Å². The van der Waals surface area contributed by atoms with Gasteiger partial charge >= 0.3 is 0 Å². The van der Waals surface area contributed by atoms with Gasteiger partial charge in [-0.15, -0.1) is 0 Å². The SMILES string of the molecule is Cc1c(C[S@](C)=O)cccc1NC(=O)C1(c2ccccc2)CC1. The van der Waals surface area contributed by atoms with Crippen molar-refractivity contribution in [1.29, 1.82) is 0 Å². The van der Waals surface area contributed by atoms with Crippen LogP contribution in [0.15, 0.2) is 48.5 Å². The average molecular weight is 327 g/mol. The molecule has 1 aliphatic rings. The van der Waals surface area contributed by atoms with Crippen LogP contribution in [-0.2, 0) is 26.8 Å². The van der Waals surface area contributed by atoms with E-state index < -0.39 is 10.8 Å². The number of carbonyl (C=O) groups is 1. The molecule has 1 atom stereocenters. The van der Waals surface area contributed by atoms with Gasteiger partial charge in [0.1, 0.15) is 0 Å². The number of hydrogen-bond donors (Lipinski definition) is 1. The van der Waals surface area contributed by atoms with E-state index in [4.69, 9.17) is 0 Å². The van der Waals surface area contributed by atoms with Crippen molar-refractivity contribution in [1.82, 2.24) is 0 Å². The summed E-state index contributed by atoms with van der Waals surface area (Å²) in [7, 11) is -0.895. The Morgan fingerprint density at radius 3 is 2.43 bits per heavy atom. The number of anilines is 1. The predicted octanol–water partition coefficient (Wildman–Crippen LogP) is 3.54. The van der Waals surface area contributed by atoms with Crippen molar-refractivity contribution >= 4 is 22.4 Å². The molecule has 1 N–H and O–H groups in total. The highest BCUT2D eigenvalue weighted by molar-refractivity contribution is 7.83. The number of hydrogen-bond acceptors (Lipinski definition) is 2. The van der Waals surface area contributed by atoms with E-state index in [1.54, 1.807) is 6.26 Å². The summed E-state index contributed by atoms with van der Waals surface area (Å²) in [6.45, 7) is 1.97. The zero-order valence-electron chi connectivity index (χ0n) is 13.5. The molecule has 23 heavy (non-hydrogen) atoms. The first kappa shape index (κ1) is 15.9. The van der Waals surface area contributed by atoms with Crippen molar-refractivity contribution in [2.24, 2.45) is 0 Å². The summed E-state index contributed by atoms with van der Waals surface area (Å²) in [6.07, 6.45) is 3.47. The molecule has 4 heteroatoms. The molecule has 0 aliphatic heterocycles. The van der Waals surface area contributed by atoms with E-state index in [0.29, 0.717) is 5.75 Å². The highest BCUT2D eigenvalue weighted by Crippen LogP contribution is 2.49. The first-order valence-corrected chi connectivity index (χ1v) is 9.51. The lowest BCUT2D eigenvalue weighted by Gasteiger charge is -2.18. The maximum atomic E-state index is 12.8. The standard InChI is InChI=1S/C19H21NO2S/c1-14-15(13-23(2)22)7-6-10-17(14)20-18(21)19(11-12-19)16-8-4-3-5-9-16/h3-10H,11-13H2,1-2H3,(H,20,21)/t23-/m0/s1. The van der Waals surface area contributed by atoms with Gasteiger partial charge in [0.2, 0.25) is 5.91 Å². The third kappa shape index (κ3) is 3.22. The van der Waals surface area contributed by atoms with Crippen LogP contribution in [0, 0.1) is 6.92 Å². The molecule has 0 bridgehead atoms. The van der Waals surface area contributed by atoms with Crippen LogP contribution in [0.3, 0.4) is 0 Å². The van der Waals surface area contributed by atoms with E-state index in [1.165, 1.54) is 0 Å². The minimum absolute atomic E-state index is 0.0570. The Kier molecular flexibility index (Phi) is 4.35. The third-order valence-corrected chi connectivity index (χ3v) is 5.28. The van der Waals surface area contributed by atoms with Crippen molar-refractivity contribution in [2.45, 2.75) is 30.9 Å². The van der Waals surface area contributed by atoms with Crippen LogP contribution in [0.5, 0.6) is 0 Å². The van der Waals surface area contributed by atoms with E-state index in [9.17, 15) is 9.00 Å². The van der Waals surface area contributed by atoms with Crippen LogP contribution >= 0.6 is 0 Å². The number of benzene rings is 2. The molecular formula is C19H21NO2S. The first-order valence-electron chi connectivity index (χ1n) is 7.78. The fourth-order valence-electron chi connectivity index (χ4n) is 2.97. The summed E-state index contributed by atoms with van der Waals surface area (Å²) >= 11 is 0. The molecule has 1 fully saturated rings. The lowest BCUT2D eigenvalue weighted by molar-refractivity contribution is -0.118. The van der Waals surface area contributed by atoms with Crippen molar-refractivity contribution in [3.8, 4) is 0 Å². The zero-order valence-corrected chi connectivity index (χ0v) is 14.3. The average Bonchev–Trinajstić information content (AvgIpc) is 3.33. The van der Waals surface area contributed by atoms with Crippen LogP contribution in [0.1, 0.15) is 29.5 Å². The zero-order chi connectivity index (χ0) is 16.4. The van der Waals surface area contributed by atoms with Gasteiger partial charge in [0.05, 0.1) is 5.41 Å². The maximum Gasteiger partial charge on any atom is 0.235 e. The molecule has 120 valence electrons. The fourth-order valence-corrected chi connectivity index (χ4v) is 3.72. The molecule has 0 spiro atoms. The van der Waals surface area contributed by atoms with Crippen molar-refractivity contribution < 1.29 is 9.00 Å². The highest BCUT2D eigenvalue weighted by atomic mass is 32.2. The fraction of sp³-hybridized carbons (Fsp3) is 0.316. The first-order chi connectivity index (χ1) is 11.0. The second-order valence-corrected chi connectivity index (χ2v) is 7.64. The van der Waals surface area contributed by atoms with Crippen LogP contribution in [-0.4, -0.2) is 16.4 Å². The lowest BCUT2D eigenvalue weighted by atomic mass is 9.94. The molecular weight excluding hydrogens is 306 g/mol.